The average Bonchev–Trinajstić information content (AvgIpc) is 3.47. The van der Waals surface area contributed by atoms with E-state index in [0.717, 1.165) is 62.1 Å². The van der Waals surface area contributed by atoms with Crippen LogP contribution in [0, 0.1) is 17.3 Å². The molecular formula is C37H47ClN2O5S. The molecule has 0 radical (unpaired) electrons. The van der Waals surface area contributed by atoms with Crippen molar-refractivity contribution in [1.29, 1.82) is 0 Å². The minimum Gasteiger partial charge on any atom is -0.420 e. The molecule has 3 aromatic rings. The predicted molar refractivity (Wildman–Crippen MR) is 186 cm³/mol. The highest BCUT2D eigenvalue weighted by molar-refractivity contribution is 7.18. The number of amides is 1. The van der Waals surface area contributed by atoms with Crippen LogP contribution < -0.4 is 4.90 Å². The van der Waals surface area contributed by atoms with Gasteiger partial charge in [-0.25, -0.2) is 4.79 Å². The summed E-state index contributed by atoms with van der Waals surface area (Å²) in [5.41, 5.74) is 1.33. The first-order chi connectivity index (χ1) is 21.5. The highest BCUT2D eigenvalue weighted by Gasteiger charge is 2.38. The second kappa shape index (κ2) is 15.6. The van der Waals surface area contributed by atoms with Crippen LogP contribution in [0.3, 0.4) is 0 Å². The van der Waals surface area contributed by atoms with E-state index in [4.69, 9.17) is 9.47 Å². The number of hydrogen-bond donors (Lipinski definition) is 0. The fraction of sp³-hybridized carbons (Fsp3) is 0.486. The predicted octanol–water partition coefficient (Wildman–Crippen LogP) is 8.54. The Labute approximate surface area is 283 Å². The zero-order valence-corrected chi connectivity index (χ0v) is 29.2. The summed E-state index contributed by atoms with van der Waals surface area (Å²) in [5.74, 6) is -0.449. The lowest BCUT2D eigenvalue weighted by Gasteiger charge is -2.40. The Morgan fingerprint density at radius 2 is 1.46 bits per heavy atom. The van der Waals surface area contributed by atoms with Crippen LogP contribution >= 0.6 is 23.7 Å². The van der Waals surface area contributed by atoms with Crippen molar-refractivity contribution < 1.29 is 23.9 Å². The van der Waals surface area contributed by atoms with Crippen LogP contribution in [-0.2, 0) is 19.1 Å². The summed E-state index contributed by atoms with van der Waals surface area (Å²) in [6.45, 7) is 9.30. The first kappa shape index (κ1) is 35.7. The molecule has 7 nitrogen and oxygen atoms in total. The first-order valence-electron chi connectivity index (χ1n) is 16.2. The number of benzene rings is 2. The fourth-order valence-electron chi connectivity index (χ4n) is 6.10. The van der Waals surface area contributed by atoms with E-state index >= 15 is 0 Å². The second-order valence-electron chi connectivity index (χ2n) is 13.7. The van der Waals surface area contributed by atoms with Gasteiger partial charge in [0.25, 0.3) is 6.29 Å². The molecule has 2 fully saturated rings. The Hall–Kier alpha value is -3.20. The largest absolute Gasteiger partial charge is 0.420 e. The van der Waals surface area contributed by atoms with E-state index in [1.165, 1.54) is 11.3 Å². The van der Waals surface area contributed by atoms with Gasteiger partial charge in [0.15, 0.2) is 0 Å². The highest BCUT2D eigenvalue weighted by Crippen LogP contribution is 2.42. The van der Waals surface area contributed by atoms with Crippen molar-refractivity contribution in [2.24, 2.45) is 17.3 Å². The summed E-state index contributed by atoms with van der Waals surface area (Å²) in [7, 11) is 2.11. The lowest BCUT2D eigenvalue weighted by molar-refractivity contribution is -0.179. The first-order valence-corrected chi connectivity index (χ1v) is 17.0. The molecule has 0 spiro atoms. The van der Waals surface area contributed by atoms with Crippen molar-refractivity contribution in [1.82, 2.24) is 4.90 Å². The number of nitrogens with zero attached hydrogens (tertiary/aromatic N) is 2. The third-order valence-corrected chi connectivity index (χ3v) is 10.1. The smallest absolute Gasteiger partial charge is 0.353 e. The van der Waals surface area contributed by atoms with E-state index in [1.807, 2.05) is 59.5 Å². The molecule has 1 aromatic heterocycles. The van der Waals surface area contributed by atoms with Gasteiger partial charge in [-0.05, 0) is 97.0 Å². The van der Waals surface area contributed by atoms with Gasteiger partial charge in [-0.2, -0.15) is 0 Å². The molecular weight excluding hydrogens is 620 g/mol. The zero-order valence-electron chi connectivity index (χ0n) is 27.6. The summed E-state index contributed by atoms with van der Waals surface area (Å²) in [4.78, 5) is 47.2. The van der Waals surface area contributed by atoms with Crippen LogP contribution in [-0.4, -0.2) is 48.9 Å². The van der Waals surface area contributed by atoms with Crippen LogP contribution in [0.2, 0.25) is 0 Å². The maximum Gasteiger partial charge on any atom is 0.353 e. The third-order valence-electron chi connectivity index (χ3n) is 8.98. The second-order valence-corrected chi connectivity index (χ2v) is 14.7. The summed E-state index contributed by atoms with van der Waals surface area (Å²) in [5, 5.41) is 0. The summed E-state index contributed by atoms with van der Waals surface area (Å²) in [6, 6.07) is 20.9. The van der Waals surface area contributed by atoms with Crippen LogP contribution in [0.5, 0.6) is 0 Å². The van der Waals surface area contributed by atoms with Gasteiger partial charge in [-0.3, -0.25) is 9.59 Å². The van der Waals surface area contributed by atoms with Gasteiger partial charge >= 0.3 is 11.9 Å². The Morgan fingerprint density at radius 3 is 2.04 bits per heavy atom. The van der Waals surface area contributed by atoms with Gasteiger partial charge in [-0.15, -0.1) is 23.7 Å². The van der Waals surface area contributed by atoms with Gasteiger partial charge in [-0.1, -0.05) is 67.6 Å². The maximum atomic E-state index is 14.5. The minimum absolute atomic E-state index is 0. The molecule has 1 unspecified atom stereocenters. The molecule has 9 heteroatoms. The zero-order chi connectivity index (χ0) is 32.1. The van der Waals surface area contributed by atoms with E-state index in [0.29, 0.717) is 22.0 Å². The van der Waals surface area contributed by atoms with Crippen LogP contribution in [0.25, 0.3) is 10.4 Å². The molecule has 46 heavy (non-hydrogen) atoms. The van der Waals surface area contributed by atoms with Crippen molar-refractivity contribution in [3.8, 4) is 10.4 Å². The standard InChI is InChI=1S/C37H46N2O5S.ClH/c1-25-16-18-27(19-17-25)33(40)39(29-20-22-38(5)23-21-29)30-24-31(26-12-8-6-9-13-26)45-32(30)34(41)43-35(28-14-10-7-11-15-28)44-36(42)37(2,3)4;/h6-15,24-25,27,29,35H,16-23H2,1-5H3;1H. The van der Waals surface area contributed by atoms with Crippen LogP contribution in [0.4, 0.5) is 5.69 Å². The van der Waals surface area contributed by atoms with Gasteiger partial charge in [0.1, 0.15) is 4.88 Å². The number of rotatable bonds is 8. The number of halogens is 1. The number of likely N-dealkylation sites (tertiary alicyclic amines) is 1. The number of esters is 2. The summed E-state index contributed by atoms with van der Waals surface area (Å²) < 4.78 is 11.9. The number of anilines is 1. The van der Waals surface area contributed by atoms with Crippen molar-refractivity contribution in [2.75, 3.05) is 25.0 Å². The number of ether oxygens (including phenoxy) is 2. The van der Waals surface area contributed by atoms with Crippen LogP contribution in [0.1, 0.15) is 87.7 Å². The molecule has 1 saturated heterocycles. The summed E-state index contributed by atoms with van der Waals surface area (Å²) in [6.07, 6.45) is 4.20. The van der Waals surface area contributed by atoms with E-state index in [1.54, 1.807) is 32.9 Å². The number of carbonyl (C=O) groups excluding carboxylic acids is 3. The molecule has 1 atom stereocenters. The monoisotopic (exact) mass is 666 g/mol. The number of carbonyl (C=O) groups is 3. The van der Waals surface area contributed by atoms with E-state index in [-0.39, 0.29) is 30.3 Å². The van der Waals surface area contributed by atoms with Gasteiger partial charge in [0, 0.05) is 22.4 Å². The van der Waals surface area contributed by atoms with Crippen molar-refractivity contribution >= 4 is 47.3 Å². The van der Waals surface area contributed by atoms with Crippen LogP contribution in [0.15, 0.2) is 66.7 Å². The third kappa shape index (κ3) is 8.58. The Kier molecular flexibility index (Phi) is 12.1. The minimum atomic E-state index is -1.23. The van der Waals surface area contributed by atoms with Crippen molar-refractivity contribution in [3.05, 3.63) is 77.2 Å². The Bertz CT molecular complexity index is 1460. The van der Waals surface area contributed by atoms with Crippen molar-refractivity contribution in [2.45, 2.75) is 78.6 Å². The molecule has 2 aliphatic rings. The van der Waals surface area contributed by atoms with Gasteiger partial charge < -0.3 is 19.3 Å². The Morgan fingerprint density at radius 1 is 0.870 bits per heavy atom. The maximum absolute atomic E-state index is 14.5. The van der Waals surface area contributed by atoms with Gasteiger partial charge in [0.05, 0.1) is 11.1 Å². The van der Waals surface area contributed by atoms with Gasteiger partial charge in [0.2, 0.25) is 5.91 Å². The molecule has 0 bridgehead atoms. The lowest BCUT2D eigenvalue weighted by Crippen LogP contribution is -2.49. The molecule has 2 aromatic carbocycles. The number of piperidine rings is 1. The molecule has 1 aliphatic carbocycles. The normalized spacial score (nSPS) is 19.8. The van der Waals surface area contributed by atoms with E-state index < -0.39 is 23.6 Å². The number of hydrogen-bond acceptors (Lipinski definition) is 7. The molecule has 1 saturated carbocycles. The molecule has 1 aliphatic heterocycles. The molecule has 0 N–H and O–H groups in total. The lowest BCUT2D eigenvalue weighted by atomic mass is 9.82. The molecule has 1 amide bonds. The highest BCUT2D eigenvalue weighted by atomic mass is 35.5. The van der Waals surface area contributed by atoms with E-state index in [2.05, 4.69) is 18.9 Å². The number of thiophene rings is 1. The van der Waals surface area contributed by atoms with Crippen molar-refractivity contribution in [3.63, 3.8) is 0 Å². The summed E-state index contributed by atoms with van der Waals surface area (Å²) >= 11 is 1.32. The SMILES string of the molecule is CC1CCC(C(=O)N(c2cc(-c3ccccc3)sc2C(=O)OC(OC(=O)C(C)(C)C)c2ccccc2)C2CCN(C)CC2)CC1.Cl. The molecule has 248 valence electrons. The quantitative estimate of drug-likeness (QED) is 0.177. The molecule has 2 heterocycles. The van der Waals surface area contributed by atoms with E-state index in [9.17, 15) is 14.4 Å². The average molecular weight is 667 g/mol. The topological polar surface area (TPSA) is 76.1 Å². The fourth-order valence-corrected chi connectivity index (χ4v) is 7.14. The Balaban J connectivity index is 0.00000480. The molecule has 5 rings (SSSR count).